The Bertz CT molecular complexity index is 197. The summed E-state index contributed by atoms with van der Waals surface area (Å²) in [5.74, 6) is 0.347. The van der Waals surface area contributed by atoms with E-state index in [-0.39, 0.29) is 6.54 Å². The van der Waals surface area contributed by atoms with E-state index in [0.29, 0.717) is 11.5 Å². The van der Waals surface area contributed by atoms with Gasteiger partial charge < -0.3 is 10.6 Å². The summed E-state index contributed by atoms with van der Waals surface area (Å²) in [6.45, 7) is 0.460. The topological polar surface area (TPSA) is 38.5 Å². The molecule has 1 aliphatic rings. The summed E-state index contributed by atoms with van der Waals surface area (Å²) in [6.07, 6.45) is -4.25. The molecule has 0 spiro atoms. The van der Waals surface area contributed by atoms with Crippen molar-refractivity contribution < 1.29 is 18.0 Å². The molecule has 0 aromatic carbocycles. The molecule has 0 aliphatic carbocycles. The van der Waals surface area contributed by atoms with Crippen LogP contribution in [-0.4, -0.2) is 24.3 Å². The molecule has 2 N–H and O–H groups in total. The van der Waals surface area contributed by atoms with Gasteiger partial charge in [-0.15, -0.1) is 5.06 Å². The van der Waals surface area contributed by atoms with Crippen molar-refractivity contribution in [1.29, 1.82) is 0 Å². The van der Waals surface area contributed by atoms with Crippen LogP contribution in [0.4, 0.5) is 13.2 Å². The third-order valence-electron chi connectivity index (χ3n) is 1.42. The summed E-state index contributed by atoms with van der Waals surface area (Å²) in [5, 5.41) is 0.782. The molecule has 1 heterocycles. The van der Waals surface area contributed by atoms with E-state index in [1.807, 2.05) is 0 Å². The average molecular weight is 182 g/mol. The van der Waals surface area contributed by atoms with Crippen molar-refractivity contribution in [3.63, 3.8) is 0 Å². The van der Waals surface area contributed by atoms with Crippen LogP contribution in [0.3, 0.4) is 0 Å². The molecule has 3 nitrogen and oxygen atoms in total. The number of hydroxylamine groups is 2. The van der Waals surface area contributed by atoms with Crippen LogP contribution in [0.2, 0.25) is 0 Å². The number of allylic oxidation sites excluding steroid dienone is 1. The lowest BCUT2D eigenvalue weighted by Crippen LogP contribution is -2.32. The Morgan fingerprint density at radius 3 is 2.50 bits per heavy atom. The van der Waals surface area contributed by atoms with Gasteiger partial charge in [0.15, 0.2) is 0 Å². The van der Waals surface area contributed by atoms with E-state index < -0.39 is 12.7 Å². The van der Waals surface area contributed by atoms with Crippen molar-refractivity contribution in [1.82, 2.24) is 5.06 Å². The van der Waals surface area contributed by atoms with Crippen molar-refractivity contribution in [2.24, 2.45) is 5.73 Å². The van der Waals surface area contributed by atoms with E-state index >= 15 is 0 Å². The SMILES string of the molecule is CC1=C(N)CN(CC(F)(F)F)O1. The first kappa shape index (κ1) is 9.18. The zero-order valence-electron chi connectivity index (χ0n) is 6.48. The third-order valence-corrected chi connectivity index (χ3v) is 1.42. The van der Waals surface area contributed by atoms with Gasteiger partial charge in [0.2, 0.25) is 0 Å². The van der Waals surface area contributed by atoms with E-state index in [1.165, 1.54) is 6.92 Å². The molecule has 0 aromatic heterocycles. The molecule has 0 atom stereocenters. The Balaban J connectivity index is 2.43. The van der Waals surface area contributed by atoms with Crippen LogP contribution >= 0.6 is 0 Å². The first-order valence-electron chi connectivity index (χ1n) is 3.33. The largest absolute Gasteiger partial charge is 0.408 e. The molecule has 0 unspecified atom stereocenters. The molecule has 0 aromatic rings. The number of hydrogen-bond donors (Lipinski definition) is 1. The Morgan fingerprint density at radius 1 is 1.58 bits per heavy atom. The number of nitrogens with zero attached hydrogens (tertiary/aromatic N) is 1. The lowest BCUT2D eigenvalue weighted by molar-refractivity contribution is -0.205. The van der Waals surface area contributed by atoms with Gasteiger partial charge in [0.1, 0.15) is 12.3 Å². The summed E-state index contributed by atoms with van der Waals surface area (Å²) < 4.78 is 35.3. The molecule has 1 aliphatic heterocycles. The van der Waals surface area contributed by atoms with Gasteiger partial charge in [-0.3, -0.25) is 0 Å². The minimum atomic E-state index is -4.25. The highest BCUT2D eigenvalue weighted by molar-refractivity contribution is 5.07. The van der Waals surface area contributed by atoms with E-state index in [4.69, 9.17) is 10.6 Å². The molecule has 0 fully saturated rings. The molecular weight excluding hydrogens is 173 g/mol. The molecule has 0 bridgehead atoms. The number of rotatable bonds is 1. The molecule has 0 radical (unpaired) electrons. The van der Waals surface area contributed by atoms with Crippen LogP contribution in [0.15, 0.2) is 11.5 Å². The lowest BCUT2D eigenvalue weighted by atomic mass is 10.4. The van der Waals surface area contributed by atoms with Gasteiger partial charge in [-0.25, -0.2) is 0 Å². The second kappa shape index (κ2) is 2.85. The lowest BCUT2D eigenvalue weighted by Gasteiger charge is -2.16. The maximum absolute atomic E-state index is 11.8. The van der Waals surface area contributed by atoms with Gasteiger partial charge in [-0.05, 0) is 6.92 Å². The first-order valence-corrected chi connectivity index (χ1v) is 3.33. The van der Waals surface area contributed by atoms with Crippen LogP contribution in [0.1, 0.15) is 6.92 Å². The highest BCUT2D eigenvalue weighted by Gasteiger charge is 2.34. The van der Waals surface area contributed by atoms with Gasteiger partial charge in [-0.1, -0.05) is 0 Å². The van der Waals surface area contributed by atoms with E-state index in [9.17, 15) is 13.2 Å². The van der Waals surface area contributed by atoms with Gasteiger partial charge in [-0.2, -0.15) is 13.2 Å². The first-order chi connectivity index (χ1) is 5.38. The Labute approximate surface area is 67.5 Å². The summed E-state index contributed by atoms with van der Waals surface area (Å²) in [4.78, 5) is 4.72. The number of halogens is 3. The number of alkyl halides is 3. The molecule has 0 amide bonds. The molecule has 0 saturated carbocycles. The van der Waals surface area contributed by atoms with Crippen molar-refractivity contribution >= 4 is 0 Å². The summed E-state index contributed by atoms with van der Waals surface area (Å²) in [6, 6.07) is 0. The van der Waals surface area contributed by atoms with Crippen molar-refractivity contribution in [3.05, 3.63) is 11.5 Å². The molecule has 0 saturated heterocycles. The molecule has 12 heavy (non-hydrogen) atoms. The van der Waals surface area contributed by atoms with E-state index in [2.05, 4.69) is 0 Å². The minimum absolute atomic E-state index is 0.0192. The van der Waals surface area contributed by atoms with Crippen molar-refractivity contribution in [2.45, 2.75) is 13.1 Å². The average Bonchev–Trinajstić information content (AvgIpc) is 2.07. The fraction of sp³-hybridized carbons (Fsp3) is 0.667. The second-order valence-corrected chi connectivity index (χ2v) is 2.59. The fourth-order valence-corrected chi connectivity index (χ4v) is 0.874. The zero-order chi connectivity index (χ0) is 9.35. The zero-order valence-corrected chi connectivity index (χ0v) is 6.48. The molecule has 70 valence electrons. The van der Waals surface area contributed by atoms with Gasteiger partial charge in [0.25, 0.3) is 0 Å². The van der Waals surface area contributed by atoms with Crippen molar-refractivity contribution in [3.8, 4) is 0 Å². The van der Waals surface area contributed by atoms with Gasteiger partial charge in [0.05, 0.1) is 12.2 Å². The van der Waals surface area contributed by atoms with Crippen LogP contribution in [-0.2, 0) is 4.84 Å². The smallest absolute Gasteiger partial charge is 0.404 e. The third kappa shape index (κ3) is 2.30. The quantitative estimate of drug-likeness (QED) is 0.657. The maximum Gasteiger partial charge on any atom is 0.404 e. The van der Waals surface area contributed by atoms with E-state index in [1.54, 1.807) is 0 Å². The van der Waals surface area contributed by atoms with Gasteiger partial charge >= 0.3 is 6.18 Å². The number of hydrogen-bond acceptors (Lipinski definition) is 3. The summed E-state index contributed by atoms with van der Waals surface area (Å²) in [7, 11) is 0. The standard InChI is InChI=1S/C6H9F3N2O/c1-4-5(10)2-11(12-4)3-6(7,8)9/h2-3,10H2,1H3. The monoisotopic (exact) mass is 182 g/mol. The Hall–Kier alpha value is -0.910. The molecule has 6 heteroatoms. The van der Waals surface area contributed by atoms with Crippen LogP contribution < -0.4 is 5.73 Å². The fourth-order valence-electron chi connectivity index (χ4n) is 0.874. The summed E-state index contributed by atoms with van der Waals surface area (Å²) >= 11 is 0. The minimum Gasteiger partial charge on any atom is -0.408 e. The maximum atomic E-state index is 11.8. The van der Waals surface area contributed by atoms with Crippen LogP contribution in [0, 0.1) is 0 Å². The Morgan fingerprint density at radius 2 is 2.17 bits per heavy atom. The molecular formula is C6H9F3N2O. The molecule has 1 rings (SSSR count). The van der Waals surface area contributed by atoms with Crippen LogP contribution in [0.25, 0.3) is 0 Å². The highest BCUT2D eigenvalue weighted by atomic mass is 19.4. The summed E-state index contributed by atoms with van der Waals surface area (Å²) in [5.41, 5.74) is 5.68. The predicted molar refractivity (Wildman–Crippen MR) is 35.6 cm³/mol. The van der Waals surface area contributed by atoms with Crippen LogP contribution in [0.5, 0.6) is 0 Å². The predicted octanol–water partition coefficient (Wildman–Crippen LogP) is 0.986. The normalized spacial score (nSPS) is 20.0. The highest BCUT2D eigenvalue weighted by Crippen LogP contribution is 2.21. The van der Waals surface area contributed by atoms with E-state index in [0.717, 1.165) is 5.06 Å². The van der Waals surface area contributed by atoms with Gasteiger partial charge in [0, 0.05) is 0 Å². The Kier molecular flexibility index (Phi) is 2.18. The number of nitrogens with two attached hydrogens (primary N) is 1. The van der Waals surface area contributed by atoms with Crippen molar-refractivity contribution in [2.75, 3.05) is 13.1 Å². The second-order valence-electron chi connectivity index (χ2n) is 2.59.